The molecule has 4 heteroatoms. The van der Waals surface area contributed by atoms with Crippen molar-refractivity contribution >= 4 is 5.96 Å². The molecule has 0 aromatic heterocycles. The molecule has 1 aliphatic heterocycles. The van der Waals surface area contributed by atoms with Crippen LogP contribution in [0.25, 0.3) is 0 Å². The SMILES string of the molecule is CCC(O)(CC)CCNC1=NCCCN1C. The predicted molar refractivity (Wildman–Crippen MR) is 67.7 cm³/mol. The van der Waals surface area contributed by atoms with E-state index in [4.69, 9.17) is 0 Å². The van der Waals surface area contributed by atoms with E-state index in [1.54, 1.807) is 0 Å². The minimum absolute atomic E-state index is 0.513. The molecule has 1 rings (SSSR count). The zero-order valence-electron chi connectivity index (χ0n) is 10.8. The van der Waals surface area contributed by atoms with Gasteiger partial charge in [-0.2, -0.15) is 0 Å². The van der Waals surface area contributed by atoms with Gasteiger partial charge in [0.2, 0.25) is 0 Å². The van der Waals surface area contributed by atoms with E-state index in [9.17, 15) is 5.11 Å². The number of hydrogen-bond acceptors (Lipinski definition) is 4. The third kappa shape index (κ3) is 3.67. The highest BCUT2D eigenvalue weighted by Crippen LogP contribution is 2.18. The van der Waals surface area contributed by atoms with Crippen molar-refractivity contribution in [2.45, 2.75) is 45.1 Å². The summed E-state index contributed by atoms with van der Waals surface area (Å²) >= 11 is 0. The molecule has 0 aromatic rings. The van der Waals surface area contributed by atoms with Crippen LogP contribution in [0, 0.1) is 0 Å². The smallest absolute Gasteiger partial charge is 0.193 e. The Morgan fingerprint density at radius 1 is 1.44 bits per heavy atom. The van der Waals surface area contributed by atoms with E-state index in [0.717, 1.165) is 51.3 Å². The van der Waals surface area contributed by atoms with Gasteiger partial charge in [-0.3, -0.25) is 4.99 Å². The lowest BCUT2D eigenvalue weighted by Crippen LogP contribution is -2.44. The molecule has 0 bridgehead atoms. The maximum absolute atomic E-state index is 10.1. The topological polar surface area (TPSA) is 47.9 Å². The molecule has 0 aliphatic carbocycles. The molecule has 2 N–H and O–H groups in total. The Balaban J connectivity index is 2.32. The van der Waals surface area contributed by atoms with Crippen molar-refractivity contribution in [3.8, 4) is 0 Å². The number of rotatable bonds is 5. The quantitative estimate of drug-likeness (QED) is 0.742. The van der Waals surface area contributed by atoms with Gasteiger partial charge in [-0.15, -0.1) is 0 Å². The number of nitrogens with zero attached hydrogens (tertiary/aromatic N) is 2. The summed E-state index contributed by atoms with van der Waals surface area (Å²) in [5, 5.41) is 13.4. The van der Waals surface area contributed by atoms with Crippen LogP contribution in [-0.2, 0) is 0 Å². The highest BCUT2D eigenvalue weighted by Gasteiger charge is 2.21. The Morgan fingerprint density at radius 3 is 2.69 bits per heavy atom. The lowest BCUT2D eigenvalue weighted by Gasteiger charge is -2.29. The van der Waals surface area contributed by atoms with E-state index in [1.165, 1.54) is 0 Å². The number of aliphatic hydroxyl groups is 1. The molecule has 0 spiro atoms. The Morgan fingerprint density at radius 2 is 2.12 bits per heavy atom. The maximum Gasteiger partial charge on any atom is 0.193 e. The lowest BCUT2D eigenvalue weighted by atomic mass is 9.93. The monoisotopic (exact) mass is 227 g/mol. The molecule has 0 saturated heterocycles. The number of aliphatic imine (C=N–C) groups is 1. The van der Waals surface area contributed by atoms with Crippen molar-refractivity contribution in [2.75, 3.05) is 26.7 Å². The fourth-order valence-electron chi connectivity index (χ4n) is 1.92. The van der Waals surface area contributed by atoms with Crippen LogP contribution in [0.4, 0.5) is 0 Å². The van der Waals surface area contributed by atoms with E-state index >= 15 is 0 Å². The summed E-state index contributed by atoms with van der Waals surface area (Å²) in [5.41, 5.74) is -0.513. The molecule has 0 amide bonds. The summed E-state index contributed by atoms with van der Waals surface area (Å²) in [5.74, 6) is 0.973. The van der Waals surface area contributed by atoms with Gasteiger partial charge in [0.05, 0.1) is 5.60 Å². The van der Waals surface area contributed by atoms with Gasteiger partial charge >= 0.3 is 0 Å². The number of hydrogen-bond donors (Lipinski definition) is 2. The second-order valence-corrected chi connectivity index (χ2v) is 4.59. The van der Waals surface area contributed by atoms with Crippen LogP contribution < -0.4 is 5.32 Å². The highest BCUT2D eigenvalue weighted by molar-refractivity contribution is 5.80. The first-order chi connectivity index (χ1) is 7.61. The van der Waals surface area contributed by atoms with Crippen LogP contribution in [0.5, 0.6) is 0 Å². The molecule has 0 atom stereocenters. The Bertz CT molecular complexity index is 236. The second kappa shape index (κ2) is 6.09. The van der Waals surface area contributed by atoms with Gasteiger partial charge in [0.25, 0.3) is 0 Å². The zero-order valence-corrected chi connectivity index (χ0v) is 10.8. The Hall–Kier alpha value is -0.770. The standard InChI is InChI=1S/C12H25N3O/c1-4-12(16,5-2)7-9-14-11-13-8-6-10-15(11)3/h16H,4-10H2,1-3H3,(H,13,14). The lowest BCUT2D eigenvalue weighted by molar-refractivity contribution is 0.0249. The number of nitrogens with one attached hydrogen (secondary N) is 1. The Labute approximate surface area is 98.7 Å². The largest absolute Gasteiger partial charge is 0.390 e. The molecule has 0 unspecified atom stereocenters. The van der Waals surface area contributed by atoms with E-state index in [1.807, 2.05) is 13.8 Å². The van der Waals surface area contributed by atoms with Crippen molar-refractivity contribution in [1.82, 2.24) is 10.2 Å². The normalized spacial score (nSPS) is 17.2. The first-order valence-corrected chi connectivity index (χ1v) is 6.33. The summed E-state index contributed by atoms with van der Waals surface area (Å²) in [4.78, 5) is 6.57. The third-order valence-corrected chi connectivity index (χ3v) is 3.46. The van der Waals surface area contributed by atoms with Crippen molar-refractivity contribution < 1.29 is 5.11 Å². The Kier molecular flexibility index (Phi) is 5.06. The molecule has 0 saturated carbocycles. The molecule has 1 heterocycles. The van der Waals surface area contributed by atoms with Crippen LogP contribution in [0.1, 0.15) is 39.5 Å². The maximum atomic E-state index is 10.1. The zero-order chi connectivity index (χ0) is 12.0. The van der Waals surface area contributed by atoms with Gasteiger partial charge in [-0.05, 0) is 25.7 Å². The van der Waals surface area contributed by atoms with Crippen molar-refractivity contribution in [2.24, 2.45) is 4.99 Å². The van der Waals surface area contributed by atoms with Crippen molar-refractivity contribution in [3.05, 3.63) is 0 Å². The molecule has 4 nitrogen and oxygen atoms in total. The van der Waals surface area contributed by atoms with Crippen LogP contribution in [0.2, 0.25) is 0 Å². The summed E-state index contributed by atoms with van der Waals surface area (Å²) in [6.07, 6.45) is 3.55. The molecular weight excluding hydrogens is 202 g/mol. The predicted octanol–water partition coefficient (Wildman–Crippen LogP) is 1.21. The first-order valence-electron chi connectivity index (χ1n) is 6.33. The molecule has 0 aromatic carbocycles. The van der Waals surface area contributed by atoms with E-state index in [-0.39, 0.29) is 0 Å². The average Bonchev–Trinajstić information content (AvgIpc) is 2.31. The van der Waals surface area contributed by atoms with Gasteiger partial charge < -0.3 is 15.3 Å². The van der Waals surface area contributed by atoms with E-state index in [0.29, 0.717) is 0 Å². The molecule has 94 valence electrons. The van der Waals surface area contributed by atoms with Gasteiger partial charge in [0.1, 0.15) is 0 Å². The average molecular weight is 227 g/mol. The summed E-state index contributed by atoms with van der Waals surface area (Å²) < 4.78 is 0. The van der Waals surface area contributed by atoms with Crippen molar-refractivity contribution in [1.29, 1.82) is 0 Å². The fraction of sp³-hybridized carbons (Fsp3) is 0.917. The van der Waals surface area contributed by atoms with Gasteiger partial charge in [0, 0.05) is 26.7 Å². The van der Waals surface area contributed by atoms with Crippen LogP contribution in [-0.4, -0.2) is 48.2 Å². The van der Waals surface area contributed by atoms with E-state index < -0.39 is 5.60 Å². The van der Waals surface area contributed by atoms with Gasteiger partial charge in [0.15, 0.2) is 5.96 Å². The van der Waals surface area contributed by atoms with Crippen molar-refractivity contribution in [3.63, 3.8) is 0 Å². The highest BCUT2D eigenvalue weighted by atomic mass is 16.3. The van der Waals surface area contributed by atoms with Gasteiger partial charge in [-0.25, -0.2) is 0 Å². The first kappa shape index (κ1) is 13.3. The molecular formula is C12H25N3O. The minimum Gasteiger partial charge on any atom is -0.390 e. The molecule has 0 radical (unpaired) electrons. The van der Waals surface area contributed by atoms with E-state index in [2.05, 4.69) is 22.3 Å². The molecule has 1 aliphatic rings. The summed E-state index contributed by atoms with van der Waals surface area (Å²) in [7, 11) is 2.05. The molecule has 16 heavy (non-hydrogen) atoms. The summed E-state index contributed by atoms with van der Waals surface area (Å²) in [6.45, 7) is 6.85. The number of guanidine groups is 1. The third-order valence-electron chi connectivity index (χ3n) is 3.46. The fourth-order valence-corrected chi connectivity index (χ4v) is 1.92. The van der Waals surface area contributed by atoms with Crippen LogP contribution >= 0.6 is 0 Å². The van der Waals surface area contributed by atoms with Crippen LogP contribution in [0.15, 0.2) is 4.99 Å². The second-order valence-electron chi connectivity index (χ2n) is 4.59. The molecule has 0 fully saturated rings. The minimum atomic E-state index is -0.513. The van der Waals surface area contributed by atoms with Gasteiger partial charge in [-0.1, -0.05) is 13.8 Å². The summed E-state index contributed by atoms with van der Waals surface area (Å²) in [6, 6.07) is 0. The van der Waals surface area contributed by atoms with Crippen LogP contribution in [0.3, 0.4) is 0 Å².